The maximum absolute atomic E-state index is 12.8. The van der Waals surface area contributed by atoms with Crippen LogP contribution in [0.2, 0.25) is 0 Å². The van der Waals surface area contributed by atoms with E-state index in [0.717, 1.165) is 23.4 Å². The summed E-state index contributed by atoms with van der Waals surface area (Å²) in [5.41, 5.74) is 2.83. The molecule has 112 valence electrons. The summed E-state index contributed by atoms with van der Waals surface area (Å²) < 4.78 is 0. The minimum absolute atomic E-state index is 0.0621. The Morgan fingerprint density at radius 1 is 1.35 bits per heavy atom. The Bertz CT molecular complexity index is 474. The molecule has 20 heavy (non-hydrogen) atoms. The maximum atomic E-state index is 12.8. The van der Waals surface area contributed by atoms with Gasteiger partial charge in [0, 0.05) is 25.3 Å². The first-order chi connectivity index (χ1) is 9.18. The van der Waals surface area contributed by atoms with Crippen LogP contribution in [0.15, 0.2) is 18.2 Å². The molecule has 0 bridgehead atoms. The number of rotatable bonds is 4. The number of amides is 1. The van der Waals surface area contributed by atoms with Crippen LogP contribution in [0, 0.1) is 12.3 Å². The van der Waals surface area contributed by atoms with Crippen molar-refractivity contribution in [3.8, 4) is 0 Å². The monoisotopic (exact) mass is 276 g/mol. The van der Waals surface area contributed by atoms with Gasteiger partial charge in [0.25, 0.3) is 5.91 Å². The van der Waals surface area contributed by atoms with Crippen molar-refractivity contribution in [1.82, 2.24) is 4.90 Å². The van der Waals surface area contributed by atoms with Gasteiger partial charge in [-0.15, -0.1) is 0 Å². The largest absolute Gasteiger partial charge is 0.385 e. The average Bonchev–Trinajstić information content (AvgIpc) is 2.37. The molecule has 0 aliphatic heterocycles. The molecular formula is C17H28N2O. The molecule has 3 heteroatoms. The van der Waals surface area contributed by atoms with Crippen LogP contribution in [0.5, 0.6) is 0 Å². The summed E-state index contributed by atoms with van der Waals surface area (Å²) in [6, 6.07) is 6.15. The Kier molecular flexibility index (Phi) is 5.21. The van der Waals surface area contributed by atoms with Crippen LogP contribution in [0.1, 0.15) is 50.5 Å². The van der Waals surface area contributed by atoms with E-state index in [1.54, 1.807) is 0 Å². The normalized spacial score (nSPS) is 12.9. The average molecular weight is 276 g/mol. The molecule has 0 aliphatic carbocycles. The summed E-state index contributed by atoms with van der Waals surface area (Å²) >= 11 is 0. The molecule has 1 N–H and O–H groups in total. The molecule has 1 unspecified atom stereocenters. The minimum atomic E-state index is 0.0621. The van der Waals surface area contributed by atoms with Gasteiger partial charge in [0.1, 0.15) is 0 Å². The first kappa shape index (κ1) is 16.5. The van der Waals surface area contributed by atoms with E-state index >= 15 is 0 Å². The molecule has 0 aromatic heterocycles. The lowest BCUT2D eigenvalue weighted by atomic mass is 9.87. The van der Waals surface area contributed by atoms with Gasteiger partial charge in [-0.05, 0) is 38.3 Å². The van der Waals surface area contributed by atoms with Gasteiger partial charge in [-0.25, -0.2) is 0 Å². The number of anilines is 1. The van der Waals surface area contributed by atoms with E-state index in [4.69, 9.17) is 0 Å². The molecule has 0 spiro atoms. The molecule has 1 aromatic rings. The lowest BCUT2D eigenvalue weighted by Gasteiger charge is -2.35. The van der Waals surface area contributed by atoms with Crippen LogP contribution in [0.3, 0.4) is 0 Å². The molecule has 1 aromatic carbocycles. The Hall–Kier alpha value is -1.51. The van der Waals surface area contributed by atoms with Gasteiger partial charge in [0.05, 0.1) is 5.56 Å². The van der Waals surface area contributed by atoms with E-state index in [0.29, 0.717) is 0 Å². The van der Waals surface area contributed by atoms with Crippen molar-refractivity contribution in [1.29, 1.82) is 0 Å². The summed E-state index contributed by atoms with van der Waals surface area (Å²) in [5, 5.41) is 3.27. The maximum Gasteiger partial charge on any atom is 0.255 e. The third kappa shape index (κ3) is 3.75. The number of nitrogens with one attached hydrogen (secondary N) is 1. The van der Waals surface area contributed by atoms with E-state index in [-0.39, 0.29) is 17.4 Å². The second-order valence-electron chi connectivity index (χ2n) is 6.54. The molecule has 1 rings (SSSR count). The van der Waals surface area contributed by atoms with Crippen molar-refractivity contribution in [2.75, 3.05) is 18.9 Å². The molecule has 0 radical (unpaired) electrons. The van der Waals surface area contributed by atoms with Gasteiger partial charge in [-0.2, -0.15) is 0 Å². The highest BCUT2D eigenvalue weighted by atomic mass is 16.2. The fourth-order valence-electron chi connectivity index (χ4n) is 2.13. The zero-order chi connectivity index (χ0) is 15.5. The topological polar surface area (TPSA) is 32.3 Å². The minimum Gasteiger partial charge on any atom is -0.385 e. The first-order valence-corrected chi connectivity index (χ1v) is 7.30. The number of carbonyl (C=O) groups excluding carboxylic acids is 1. The van der Waals surface area contributed by atoms with Gasteiger partial charge < -0.3 is 10.2 Å². The number of aryl methyl sites for hydroxylation is 1. The van der Waals surface area contributed by atoms with Crippen LogP contribution in [0.4, 0.5) is 5.69 Å². The predicted octanol–water partition coefficient (Wildman–Crippen LogP) is 3.93. The summed E-state index contributed by atoms with van der Waals surface area (Å²) in [6.07, 6.45) is 0. The molecule has 0 saturated heterocycles. The van der Waals surface area contributed by atoms with Gasteiger partial charge in [0.15, 0.2) is 0 Å². The fourth-order valence-corrected chi connectivity index (χ4v) is 2.13. The Morgan fingerprint density at radius 3 is 2.45 bits per heavy atom. The lowest BCUT2D eigenvalue weighted by Crippen LogP contribution is -2.43. The smallest absolute Gasteiger partial charge is 0.255 e. The van der Waals surface area contributed by atoms with Crippen LogP contribution in [-0.2, 0) is 0 Å². The molecule has 3 nitrogen and oxygen atoms in total. The third-order valence-electron chi connectivity index (χ3n) is 3.93. The van der Waals surface area contributed by atoms with E-state index < -0.39 is 0 Å². The van der Waals surface area contributed by atoms with E-state index in [1.165, 1.54) is 0 Å². The van der Waals surface area contributed by atoms with Gasteiger partial charge in [0.2, 0.25) is 0 Å². The summed E-state index contributed by atoms with van der Waals surface area (Å²) in [6.45, 7) is 13.4. The van der Waals surface area contributed by atoms with E-state index in [9.17, 15) is 4.79 Å². The first-order valence-electron chi connectivity index (χ1n) is 7.30. The van der Waals surface area contributed by atoms with Crippen molar-refractivity contribution in [3.63, 3.8) is 0 Å². The number of benzene rings is 1. The lowest BCUT2D eigenvalue weighted by molar-refractivity contribution is 0.0630. The molecule has 0 aliphatic rings. The molecule has 1 atom stereocenters. The molecule has 0 saturated carbocycles. The third-order valence-corrected chi connectivity index (χ3v) is 3.93. The van der Waals surface area contributed by atoms with Crippen molar-refractivity contribution in [2.24, 2.45) is 5.41 Å². The molecular weight excluding hydrogens is 248 g/mol. The number of carbonyl (C=O) groups is 1. The van der Waals surface area contributed by atoms with Crippen LogP contribution >= 0.6 is 0 Å². The Morgan fingerprint density at radius 2 is 1.95 bits per heavy atom. The van der Waals surface area contributed by atoms with Crippen LogP contribution in [-0.4, -0.2) is 30.4 Å². The number of hydrogen-bond acceptors (Lipinski definition) is 2. The zero-order valence-electron chi connectivity index (χ0n) is 13.9. The van der Waals surface area contributed by atoms with Gasteiger partial charge in [-0.1, -0.05) is 32.4 Å². The number of nitrogens with zero attached hydrogens (tertiary/aromatic N) is 1. The van der Waals surface area contributed by atoms with E-state index in [2.05, 4.69) is 33.0 Å². The van der Waals surface area contributed by atoms with Crippen molar-refractivity contribution in [3.05, 3.63) is 29.3 Å². The number of hydrogen-bond donors (Lipinski definition) is 1. The van der Waals surface area contributed by atoms with Crippen LogP contribution < -0.4 is 5.32 Å². The fraction of sp³-hybridized carbons (Fsp3) is 0.588. The summed E-state index contributed by atoms with van der Waals surface area (Å²) in [5.74, 6) is 0.0760. The standard InChI is InChI=1S/C17H28N2O/c1-8-18-15-10-9-12(2)11-14(15)16(20)19(7)13(3)17(4,5)6/h9-11,13,18H,8H2,1-7H3. The summed E-state index contributed by atoms with van der Waals surface area (Å²) in [4.78, 5) is 14.6. The van der Waals surface area contributed by atoms with Crippen molar-refractivity contribution in [2.45, 2.75) is 47.6 Å². The second kappa shape index (κ2) is 6.29. The predicted molar refractivity (Wildman–Crippen MR) is 86.4 cm³/mol. The van der Waals surface area contributed by atoms with Gasteiger partial charge >= 0.3 is 0 Å². The molecule has 0 fully saturated rings. The van der Waals surface area contributed by atoms with Crippen LogP contribution in [0.25, 0.3) is 0 Å². The SMILES string of the molecule is CCNc1ccc(C)cc1C(=O)N(C)C(C)C(C)(C)C. The summed E-state index contributed by atoms with van der Waals surface area (Å²) in [7, 11) is 1.89. The van der Waals surface area contributed by atoms with E-state index in [1.807, 2.05) is 44.0 Å². The Balaban J connectivity index is 3.10. The highest BCUT2D eigenvalue weighted by Crippen LogP contribution is 2.26. The molecule has 0 heterocycles. The molecule has 1 amide bonds. The quantitative estimate of drug-likeness (QED) is 0.903. The highest BCUT2D eigenvalue weighted by molar-refractivity contribution is 5.99. The highest BCUT2D eigenvalue weighted by Gasteiger charge is 2.28. The second-order valence-corrected chi connectivity index (χ2v) is 6.54. The zero-order valence-corrected chi connectivity index (χ0v) is 13.9. The Labute approximate surface area is 123 Å². The van der Waals surface area contributed by atoms with Crippen molar-refractivity contribution >= 4 is 11.6 Å². The van der Waals surface area contributed by atoms with Crippen molar-refractivity contribution < 1.29 is 4.79 Å². The van der Waals surface area contributed by atoms with Gasteiger partial charge in [-0.3, -0.25) is 4.79 Å².